The van der Waals surface area contributed by atoms with E-state index in [9.17, 15) is 18.0 Å². The van der Waals surface area contributed by atoms with Gasteiger partial charge in [-0.15, -0.1) is 0 Å². The topological polar surface area (TPSA) is 73.6 Å². The van der Waals surface area contributed by atoms with Crippen molar-refractivity contribution in [1.29, 1.82) is 0 Å². The molecule has 0 aliphatic rings. The molecule has 0 fully saturated rings. The van der Waals surface area contributed by atoms with Gasteiger partial charge in [-0.1, -0.05) is 6.07 Å². The molecule has 0 saturated carbocycles. The lowest BCUT2D eigenvalue weighted by Gasteiger charge is -2.05. The molecule has 3 aromatic rings. The molecular weight excluding hydrogens is 285 g/mol. The molecule has 0 aliphatic heterocycles. The zero-order chi connectivity index (χ0) is 15.0. The van der Waals surface area contributed by atoms with Crippen molar-refractivity contribution in [3.63, 3.8) is 0 Å². The SMILES string of the molecule is O=C(Nc1cn[nH]c1)c1cc2ccc(C(F)(F)F)cc2[nH]1. The van der Waals surface area contributed by atoms with Crippen molar-refractivity contribution < 1.29 is 18.0 Å². The second kappa shape index (κ2) is 4.65. The van der Waals surface area contributed by atoms with Crippen molar-refractivity contribution in [3.05, 3.63) is 47.9 Å². The van der Waals surface area contributed by atoms with Gasteiger partial charge in [-0.2, -0.15) is 18.3 Å². The molecule has 0 bridgehead atoms. The molecule has 0 unspecified atom stereocenters. The summed E-state index contributed by atoms with van der Waals surface area (Å²) in [5.74, 6) is -0.457. The smallest absolute Gasteiger partial charge is 0.351 e. The maximum Gasteiger partial charge on any atom is 0.416 e. The van der Waals surface area contributed by atoms with Crippen molar-refractivity contribution >= 4 is 22.5 Å². The second-order valence-corrected chi connectivity index (χ2v) is 4.42. The minimum Gasteiger partial charge on any atom is -0.351 e. The van der Waals surface area contributed by atoms with E-state index in [0.29, 0.717) is 11.1 Å². The van der Waals surface area contributed by atoms with Gasteiger partial charge in [-0.25, -0.2) is 0 Å². The summed E-state index contributed by atoms with van der Waals surface area (Å²) in [5, 5.41) is 9.30. The molecule has 21 heavy (non-hydrogen) atoms. The van der Waals surface area contributed by atoms with Gasteiger partial charge in [0.1, 0.15) is 5.69 Å². The predicted molar refractivity (Wildman–Crippen MR) is 69.8 cm³/mol. The first-order chi connectivity index (χ1) is 9.93. The number of rotatable bonds is 2. The molecular formula is C13H9F3N4O. The summed E-state index contributed by atoms with van der Waals surface area (Å²) >= 11 is 0. The van der Waals surface area contributed by atoms with Crippen molar-refractivity contribution in [1.82, 2.24) is 15.2 Å². The monoisotopic (exact) mass is 294 g/mol. The maximum absolute atomic E-state index is 12.6. The summed E-state index contributed by atoms with van der Waals surface area (Å²) in [6.07, 6.45) is -1.51. The quantitative estimate of drug-likeness (QED) is 0.679. The van der Waals surface area contributed by atoms with E-state index in [1.54, 1.807) is 0 Å². The Morgan fingerprint density at radius 2 is 2.05 bits per heavy atom. The molecule has 2 heterocycles. The van der Waals surface area contributed by atoms with E-state index < -0.39 is 17.6 Å². The number of nitrogens with zero attached hydrogens (tertiary/aromatic N) is 1. The van der Waals surface area contributed by atoms with E-state index in [0.717, 1.165) is 12.1 Å². The number of hydrogen-bond acceptors (Lipinski definition) is 2. The number of aromatic amines is 2. The van der Waals surface area contributed by atoms with Crippen LogP contribution in [0.5, 0.6) is 0 Å². The minimum atomic E-state index is -4.42. The Balaban J connectivity index is 1.92. The van der Waals surface area contributed by atoms with Crippen LogP contribution in [-0.4, -0.2) is 21.1 Å². The van der Waals surface area contributed by atoms with Crippen molar-refractivity contribution in [3.8, 4) is 0 Å². The summed E-state index contributed by atoms with van der Waals surface area (Å²) in [6.45, 7) is 0. The number of nitrogens with one attached hydrogen (secondary N) is 3. The Hall–Kier alpha value is -2.77. The normalized spacial score (nSPS) is 11.8. The fourth-order valence-electron chi connectivity index (χ4n) is 1.94. The Morgan fingerprint density at radius 3 is 2.71 bits per heavy atom. The van der Waals surface area contributed by atoms with Gasteiger partial charge in [0.25, 0.3) is 5.91 Å². The highest BCUT2D eigenvalue weighted by atomic mass is 19.4. The molecule has 0 aliphatic carbocycles. The third kappa shape index (κ3) is 2.60. The molecule has 108 valence electrons. The first-order valence-corrected chi connectivity index (χ1v) is 5.93. The molecule has 3 N–H and O–H groups in total. The first kappa shape index (κ1) is 13.2. The lowest BCUT2D eigenvalue weighted by atomic mass is 10.1. The van der Waals surface area contributed by atoms with Crippen LogP contribution in [-0.2, 0) is 6.18 Å². The largest absolute Gasteiger partial charge is 0.416 e. The fraction of sp³-hybridized carbons (Fsp3) is 0.0769. The van der Waals surface area contributed by atoms with Crippen molar-refractivity contribution in [2.45, 2.75) is 6.18 Å². The van der Waals surface area contributed by atoms with E-state index in [2.05, 4.69) is 20.5 Å². The number of carbonyl (C=O) groups excluding carboxylic acids is 1. The zero-order valence-corrected chi connectivity index (χ0v) is 10.5. The minimum absolute atomic E-state index is 0.172. The van der Waals surface area contributed by atoms with Crippen molar-refractivity contribution in [2.24, 2.45) is 0 Å². The third-order valence-corrected chi connectivity index (χ3v) is 2.95. The van der Waals surface area contributed by atoms with Gasteiger partial charge < -0.3 is 10.3 Å². The van der Waals surface area contributed by atoms with E-state index in [-0.39, 0.29) is 11.2 Å². The zero-order valence-electron chi connectivity index (χ0n) is 10.5. The summed E-state index contributed by atoms with van der Waals surface area (Å²) in [4.78, 5) is 14.6. The predicted octanol–water partition coefficient (Wildman–Crippen LogP) is 3.16. The Bertz CT molecular complexity index is 789. The Kier molecular flexibility index (Phi) is 2.93. The number of amides is 1. The van der Waals surface area contributed by atoms with Crippen LogP contribution in [0.1, 0.15) is 16.1 Å². The standard InChI is InChI=1S/C13H9F3N4O/c14-13(15,16)8-2-1-7-3-11(20-10(7)4-8)12(21)19-9-5-17-18-6-9/h1-6,20H,(H,17,18)(H,19,21). The lowest BCUT2D eigenvalue weighted by molar-refractivity contribution is -0.137. The Morgan fingerprint density at radius 1 is 1.24 bits per heavy atom. The highest BCUT2D eigenvalue weighted by molar-refractivity contribution is 6.05. The van der Waals surface area contributed by atoms with E-state index in [1.807, 2.05) is 0 Å². The van der Waals surface area contributed by atoms with E-state index in [4.69, 9.17) is 0 Å². The molecule has 5 nitrogen and oxygen atoms in total. The van der Waals surface area contributed by atoms with Crippen LogP contribution in [0, 0.1) is 0 Å². The molecule has 2 aromatic heterocycles. The summed E-state index contributed by atoms with van der Waals surface area (Å²) in [7, 11) is 0. The van der Waals surface area contributed by atoms with Gasteiger partial charge in [-0.05, 0) is 18.2 Å². The van der Waals surface area contributed by atoms with Crippen LogP contribution >= 0.6 is 0 Å². The molecule has 0 spiro atoms. The number of benzene rings is 1. The molecule has 1 amide bonds. The molecule has 0 radical (unpaired) electrons. The van der Waals surface area contributed by atoms with Gasteiger partial charge in [-0.3, -0.25) is 9.89 Å². The highest BCUT2D eigenvalue weighted by Gasteiger charge is 2.30. The van der Waals surface area contributed by atoms with Crippen LogP contribution in [0.15, 0.2) is 36.7 Å². The Labute approximate surface area is 116 Å². The molecule has 3 rings (SSSR count). The molecule has 0 atom stereocenters. The lowest BCUT2D eigenvalue weighted by Crippen LogP contribution is -2.11. The number of anilines is 1. The van der Waals surface area contributed by atoms with Gasteiger partial charge >= 0.3 is 6.18 Å². The molecule has 8 heteroatoms. The third-order valence-electron chi connectivity index (χ3n) is 2.95. The van der Waals surface area contributed by atoms with Gasteiger partial charge in [0.15, 0.2) is 0 Å². The van der Waals surface area contributed by atoms with Gasteiger partial charge in [0.05, 0.1) is 17.4 Å². The van der Waals surface area contributed by atoms with Crippen LogP contribution < -0.4 is 5.32 Å². The van der Waals surface area contributed by atoms with Gasteiger partial charge in [0.2, 0.25) is 0 Å². The fourth-order valence-corrected chi connectivity index (χ4v) is 1.94. The number of halogens is 3. The summed E-state index contributed by atoms with van der Waals surface area (Å²) in [6, 6.07) is 4.77. The molecule has 0 saturated heterocycles. The summed E-state index contributed by atoms with van der Waals surface area (Å²) < 4.78 is 37.9. The van der Waals surface area contributed by atoms with Crippen LogP contribution in [0.4, 0.5) is 18.9 Å². The summed E-state index contributed by atoms with van der Waals surface area (Å²) in [5.41, 5.74) is 0.126. The average molecular weight is 294 g/mol. The van der Waals surface area contributed by atoms with Crippen LogP contribution in [0.2, 0.25) is 0 Å². The number of carbonyl (C=O) groups is 1. The van der Waals surface area contributed by atoms with Crippen molar-refractivity contribution in [2.75, 3.05) is 5.32 Å². The number of hydrogen-bond donors (Lipinski definition) is 3. The van der Waals surface area contributed by atoms with E-state index in [1.165, 1.54) is 24.5 Å². The second-order valence-electron chi connectivity index (χ2n) is 4.42. The van der Waals surface area contributed by atoms with Crippen LogP contribution in [0.25, 0.3) is 10.9 Å². The highest BCUT2D eigenvalue weighted by Crippen LogP contribution is 2.31. The molecule has 1 aromatic carbocycles. The number of fused-ring (bicyclic) bond motifs is 1. The van der Waals surface area contributed by atoms with Crippen LogP contribution in [0.3, 0.4) is 0 Å². The maximum atomic E-state index is 12.6. The van der Waals surface area contributed by atoms with E-state index >= 15 is 0 Å². The van der Waals surface area contributed by atoms with Gasteiger partial charge in [0, 0.05) is 17.1 Å². The number of aromatic nitrogens is 3. The number of H-pyrrole nitrogens is 2. The first-order valence-electron chi connectivity index (χ1n) is 5.93. The average Bonchev–Trinajstić information content (AvgIpc) is 3.04. The number of alkyl halides is 3.